The molecule has 0 spiro atoms. The van der Waals surface area contributed by atoms with Crippen LogP contribution in [-0.2, 0) is 11.2 Å². The number of benzene rings is 1. The van der Waals surface area contributed by atoms with Crippen LogP contribution in [0.4, 0.5) is 14.9 Å². The van der Waals surface area contributed by atoms with Gasteiger partial charge in [-0.1, -0.05) is 13.0 Å². The van der Waals surface area contributed by atoms with Gasteiger partial charge in [0.1, 0.15) is 12.4 Å². The predicted octanol–water partition coefficient (Wildman–Crippen LogP) is 2.10. The van der Waals surface area contributed by atoms with Crippen LogP contribution in [0.1, 0.15) is 18.9 Å². The predicted molar refractivity (Wildman–Crippen MR) is 72.3 cm³/mol. The zero-order chi connectivity index (χ0) is 14.7. The van der Waals surface area contributed by atoms with Crippen LogP contribution in [-0.4, -0.2) is 41.6 Å². The summed E-state index contributed by atoms with van der Waals surface area (Å²) in [7, 11) is 0. The molecule has 2 amide bonds. The fourth-order valence-corrected chi connectivity index (χ4v) is 2.40. The van der Waals surface area contributed by atoms with Crippen LogP contribution in [0.3, 0.4) is 0 Å². The highest BCUT2D eigenvalue weighted by molar-refractivity contribution is 5.95. The van der Waals surface area contributed by atoms with Crippen LogP contribution in [0.5, 0.6) is 0 Å². The van der Waals surface area contributed by atoms with Crippen molar-refractivity contribution in [1.82, 2.24) is 4.90 Å². The number of hydrogen-bond acceptors (Lipinski definition) is 2. The molecular weight excluding hydrogens is 263 g/mol. The molecule has 0 saturated heterocycles. The minimum absolute atomic E-state index is 0.339. The molecule has 0 aromatic heterocycles. The average Bonchev–Trinajstić information content (AvgIpc) is 2.79. The number of aliphatic carboxylic acids is 1. The number of urea groups is 1. The van der Waals surface area contributed by atoms with Crippen molar-refractivity contribution < 1.29 is 19.1 Å². The van der Waals surface area contributed by atoms with Gasteiger partial charge in [0.25, 0.3) is 0 Å². The third kappa shape index (κ3) is 2.89. The molecule has 0 bridgehead atoms. The van der Waals surface area contributed by atoms with Crippen molar-refractivity contribution >= 4 is 17.7 Å². The first-order valence-electron chi connectivity index (χ1n) is 6.59. The molecule has 108 valence electrons. The Hall–Kier alpha value is -2.11. The SMILES string of the molecule is CCCN(CC(=O)O)C(=O)N1CCc2ccc(F)cc21. The number of carbonyl (C=O) groups is 2. The van der Waals surface area contributed by atoms with Crippen LogP contribution in [0.15, 0.2) is 18.2 Å². The normalized spacial score (nSPS) is 13.2. The van der Waals surface area contributed by atoms with Crippen LogP contribution in [0.25, 0.3) is 0 Å². The zero-order valence-corrected chi connectivity index (χ0v) is 11.3. The largest absolute Gasteiger partial charge is 0.480 e. The van der Waals surface area contributed by atoms with Crippen molar-refractivity contribution in [2.24, 2.45) is 0 Å². The molecule has 6 heteroatoms. The number of fused-ring (bicyclic) bond motifs is 1. The maximum absolute atomic E-state index is 13.3. The molecule has 0 aliphatic carbocycles. The van der Waals surface area contributed by atoms with Crippen LogP contribution < -0.4 is 4.90 Å². The van der Waals surface area contributed by atoms with E-state index in [1.807, 2.05) is 6.92 Å². The van der Waals surface area contributed by atoms with E-state index in [0.717, 1.165) is 5.56 Å². The number of nitrogens with zero attached hydrogens (tertiary/aromatic N) is 2. The summed E-state index contributed by atoms with van der Waals surface area (Å²) in [6.45, 7) is 2.36. The Balaban J connectivity index is 2.21. The van der Waals surface area contributed by atoms with Gasteiger partial charge in [0, 0.05) is 13.1 Å². The summed E-state index contributed by atoms with van der Waals surface area (Å²) < 4.78 is 13.3. The topological polar surface area (TPSA) is 60.9 Å². The fourth-order valence-electron chi connectivity index (χ4n) is 2.40. The number of carboxylic acid groups (broad SMARTS) is 1. The number of halogens is 1. The van der Waals surface area contributed by atoms with Gasteiger partial charge in [-0.15, -0.1) is 0 Å². The monoisotopic (exact) mass is 280 g/mol. The first kappa shape index (κ1) is 14.3. The van der Waals surface area contributed by atoms with Crippen molar-refractivity contribution in [2.75, 3.05) is 24.5 Å². The molecule has 1 aromatic rings. The Morgan fingerprint density at radius 1 is 1.45 bits per heavy atom. The summed E-state index contributed by atoms with van der Waals surface area (Å²) in [4.78, 5) is 26.0. The highest BCUT2D eigenvalue weighted by Gasteiger charge is 2.29. The molecule has 0 radical (unpaired) electrons. The molecule has 20 heavy (non-hydrogen) atoms. The van der Waals surface area contributed by atoms with Crippen molar-refractivity contribution in [3.8, 4) is 0 Å². The van der Waals surface area contributed by atoms with E-state index >= 15 is 0 Å². The van der Waals surface area contributed by atoms with Gasteiger partial charge in [0.05, 0.1) is 5.69 Å². The molecule has 0 unspecified atom stereocenters. The quantitative estimate of drug-likeness (QED) is 0.918. The van der Waals surface area contributed by atoms with E-state index in [1.165, 1.54) is 21.9 Å². The number of anilines is 1. The second-order valence-electron chi connectivity index (χ2n) is 4.77. The maximum atomic E-state index is 13.3. The third-order valence-corrected chi connectivity index (χ3v) is 3.26. The number of carboxylic acids is 1. The lowest BCUT2D eigenvalue weighted by Crippen LogP contribution is -2.45. The summed E-state index contributed by atoms with van der Waals surface area (Å²) in [5, 5.41) is 8.87. The van der Waals surface area contributed by atoms with Gasteiger partial charge in [-0.05, 0) is 30.5 Å². The Labute approximate surface area is 116 Å². The van der Waals surface area contributed by atoms with Gasteiger partial charge in [-0.3, -0.25) is 9.69 Å². The summed E-state index contributed by atoms with van der Waals surface area (Å²) in [5.41, 5.74) is 1.45. The van der Waals surface area contributed by atoms with Crippen molar-refractivity contribution in [1.29, 1.82) is 0 Å². The van der Waals surface area contributed by atoms with Gasteiger partial charge in [-0.25, -0.2) is 9.18 Å². The molecule has 0 saturated carbocycles. The molecule has 0 atom stereocenters. The third-order valence-electron chi connectivity index (χ3n) is 3.26. The molecule has 1 N–H and O–H groups in total. The van der Waals surface area contributed by atoms with E-state index in [0.29, 0.717) is 31.6 Å². The van der Waals surface area contributed by atoms with Gasteiger partial charge in [-0.2, -0.15) is 0 Å². The lowest BCUT2D eigenvalue weighted by atomic mass is 10.2. The molecular formula is C14H17FN2O3. The van der Waals surface area contributed by atoms with Crippen molar-refractivity contribution in [3.63, 3.8) is 0 Å². The molecule has 2 rings (SSSR count). The number of carbonyl (C=O) groups excluding carboxylic acids is 1. The smallest absolute Gasteiger partial charge is 0.325 e. The van der Waals surface area contributed by atoms with Gasteiger partial charge >= 0.3 is 12.0 Å². The molecule has 1 aliphatic heterocycles. The van der Waals surface area contributed by atoms with Gasteiger partial charge in [0.15, 0.2) is 0 Å². The summed E-state index contributed by atoms with van der Waals surface area (Å²) in [6.07, 6.45) is 1.33. The van der Waals surface area contributed by atoms with Crippen molar-refractivity contribution in [2.45, 2.75) is 19.8 Å². The van der Waals surface area contributed by atoms with Crippen LogP contribution in [0, 0.1) is 5.82 Å². The second kappa shape index (κ2) is 5.90. The Kier molecular flexibility index (Phi) is 4.22. The first-order chi connectivity index (χ1) is 9.52. The van der Waals surface area contributed by atoms with E-state index in [9.17, 15) is 14.0 Å². The lowest BCUT2D eigenvalue weighted by Gasteiger charge is -2.27. The second-order valence-corrected chi connectivity index (χ2v) is 4.77. The van der Waals surface area contributed by atoms with E-state index < -0.39 is 11.8 Å². The Bertz CT molecular complexity index is 533. The molecule has 5 nitrogen and oxygen atoms in total. The van der Waals surface area contributed by atoms with Crippen LogP contribution in [0.2, 0.25) is 0 Å². The van der Waals surface area contributed by atoms with Crippen LogP contribution >= 0.6 is 0 Å². The average molecular weight is 280 g/mol. The molecule has 1 heterocycles. The van der Waals surface area contributed by atoms with E-state index in [2.05, 4.69) is 0 Å². The molecule has 1 aromatic carbocycles. The molecule has 1 aliphatic rings. The lowest BCUT2D eigenvalue weighted by molar-refractivity contribution is -0.137. The maximum Gasteiger partial charge on any atom is 0.325 e. The number of hydrogen-bond donors (Lipinski definition) is 1. The highest BCUT2D eigenvalue weighted by Crippen LogP contribution is 2.29. The zero-order valence-electron chi connectivity index (χ0n) is 11.3. The number of amides is 2. The highest BCUT2D eigenvalue weighted by atomic mass is 19.1. The van der Waals surface area contributed by atoms with Gasteiger partial charge < -0.3 is 10.0 Å². The summed E-state index contributed by atoms with van der Waals surface area (Å²) in [5.74, 6) is -1.45. The van der Waals surface area contributed by atoms with Crippen molar-refractivity contribution in [3.05, 3.63) is 29.6 Å². The van der Waals surface area contributed by atoms with E-state index in [-0.39, 0.29) is 12.6 Å². The first-order valence-corrected chi connectivity index (χ1v) is 6.59. The Morgan fingerprint density at radius 2 is 2.20 bits per heavy atom. The minimum atomic E-state index is -1.05. The molecule has 0 fully saturated rings. The number of rotatable bonds is 4. The standard InChI is InChI=1S/C14H17FN2O3/c1-2-6-16(9-13(18)19)14(20)17-7-5-10-3-4-11(15)8-12(10)17/h3-4,8H,2,5-7,9H2,1H3,(H,18,19). The minimum Gasteiger partial charge on any atom is -0.480 e. The Morgan fingerprint density at radius 3 is 2.85 bits per heavy atom. The van der Waals surface area contributed by atoms with E-state index in [4.69, 9.17) is 5.11 Å². The van der Waals surface area contributed by atoms with E-state index in [1.54, 1.807) is 6.07 Å². The fraction of sp³-hybridized carbons (Fsp3) is 0.429. The summed E-state index contributed by atoms with van der Waals surface area (Å²) in [6, 6.07) is 3.98. The summed E-state index contributed by atoms with van der Waals surface area (Å²) >= 11 is 0. The van der Waals surface area contributed by atoms with Gasteiger partial charge in [0.2, 0.25) is 0 Å².